The Morgan fingerprint density at radius 2 is 2.05 bits per heavy atom. The number of carbonyl (C=O) groups is 1. The van der Waals surface area contributed by atoms with Crippen LogP contribution >= 0.6 is 0 Å². The average Bonchev–Trinajstić information content (AvgIpc) is 3.18. The number of carbonyl (C=O) groups excluding carboxylic acids is 1. The third kappa shape index (κ3) is 3.70. The zero-order chi connectivity index (χ0) is 14.0. The Kier molecular flexibility index (Phi) is 3.80. The summed E-state index contributed by atoms with van der Waals surface area (Å²) >= 11 is 0. The maximum absolute atomic E-state index is 12.5. The van der Waals surface area contributed by atoms with Gasteiger partial charge in [-0.3, -0.25) is 4.79 Å². The summed E-state index contributed by atoms with van der Waals surface area (Å²) in [4.78, 5) is 13.1. The van der Waals surface area contributed by atoms with Gasteiger partial charge in [-0.05, 0) is 30.5 Å². The molecule has 104 valence electrons. The van der Waals surface area contributed by atoms with Crippen molar-refractivity contribution in [3.05, 3.63) is 35.4 Å². The number of nitrogens with zero attached hydrogens (tertiary/aromatic N) is 1. The number of rotatable bonds is 4. The fraction of sp³-hybridized carbons (Fsp3) is 0.462. The van der Waals surface area contributed by atoms with Crippen LogP contribution in [0, 0.1) is 0 Å². The normalized spacial score (nSPS) is 15.4. The quantitative estimate of drug-likeness (QED) is 0.914. The highest BCUT2D eigenvalue weighted by Crippen LogP contribution is 2.31. The molecular weight excluding hydrogens is 257 g/mol. The van der Waals surface area contributed by atoms with Crippen molar-refractivity contribution in [2.75, 3.05) is 6.54 Å². The number of amides is 1. The molecule has 0 heterocycles. The standard InChI is InChI=1S/C13H15F3N2O/c14-13(15,16)8-18(11-4-5-11)12(19)10-3-1-2-9(6-10)7-17/h1-3,6,11H,4-5,7-8,17H2. The van der Waals surface area contributed by atoms with E-state index >= 15 is 0 Å². The molecule has 0 saturated heterocycles. The Bertz CT molecular complexity index is 469. The van der Waals surface area contributed by atoms with Gasteiger partial charge in [-0.15, -0.1) is 0 Å². The van der Waals surface area contributed by atoms with Crippen molar-refractivity contribution >= 4 is 5.91 Å². The minimum Gasteiger partial charge on any atom is -0.327 e. The first-order valence-corrected chi connectivity index (χ1v) is 6.07. The fourth-order valence-electron chi connectivity index (χ4n) is 1.94. The third-order valence-electron chi connectivity index (χ3n) is 3.01. The Morgan fingerprint density at radius 3 is 2.58 bits per heavy atom. The van der Waals surface area contributed by atoms with E-state index < -0.39 is 18.6 Å². The molecule has 3 nitrogen and oxygen atoms in total. The van der Waals surface area contributed by atoms with Crippen LogP contribution in [0.2, 0.25) is 0 Å². The predicted octanol–water partition coefficient (Wildman–Crippen LogP) is 2.31. The van der Waals surface area contributed by atoms with Gasteiger partial charge in [-0.1, -0.05) is 12.1 Å². The molecule has 1 aliphatic rings. The highest BCUT2D eigenvalue weighted by molar-refractivity contribution is 5.94. The molecule has 0 atom stereocenters. The molecule has 1 aromatic rings. The summed E-state index contributed by atoms with van der Waals surface area (Å²) in [6.07, 6.45) is -3.10. The molecule has 0 radical (unpaired) electrons. The van der Waals surface area contributed by atoms with Gasteiger partial charge in [0.25, 0.3) is 5.91 Å². The zero-order valence-corrected chi connectivity index (χ0v) is 10.3. The smallest absolute Gasteiger partial charge is 0.327 e. The van der Waals surface area contributed by atoms with E-state index in [9.17, 15) is 18.0 Å². The lowest BCUT2D eigenvalue weighted by atomic mass is 10.1. The van der Waals surface area contributed by atoms with E-state index in [-0.39, 0.29) is 18.2 Å². The molecule has 19 heavy (non-hydrogen) atoms. The van der Waals surface area contributed by atoms with Crippen LogP contribution in [-0.4, -0.2) is 29.6 Å². The maximum Gasteiger partial charge on any atom is 0.406 e. The summed E-state index contributed by atoms with van der Waals surface area (Å²) in [5.41, 5.74) is 6.46. The van der Waals surface area contributed by atoms with Crippen LogP contribution < -0.4 is 5.73 Å². The third-order valence-corrected chi connectivity index (χ3v) is 3.01. The summed E-state index contributed by atoms with van der Waals surface area (Å²) in [6.45, 7) is -0.937. The number of hydrogen-bond acceptors (Lipinski definition) is 2. The molecule has 1 aromatic carbocycles. The van der Waals surface area contributed by atoms with Gasteiger partial charge >= 0.3 is 6.18 Å². The van der Waals surface area contributed by atoms with Gasteiger partial charge < -0.3 is 10.6 Å². The van der Waals surface area contributed by atoms with Gasteiger partial charge in [0, 0.05) is 18.2 Å². The van der Waals surface area contributed by atoms with Gasteiger partial charge in [-0.2, -0.15) is 13.2 Å². The van der Waals surface area contributed by atoms with E-state index in [4.69, 9.17) is 5.73 Å². The van der Waals surface area contributed by atoms with Crippen molar-refractivity contribution in [3.8, 4) is 0 Å². The molecule has 1 saturated carbocycles. The van der Waals surface area contributed by atoms with E-state index in [0.29, 0.717) is 12.8 Å². The molecule has 6 heteroatoms. The SMILES string of the molecule is NCc1cccc(C(=O)N(CC(F)(F)F)C2CC2)c1. The fourth-order valence-corrected chi connectivity index (χ4v) is 1.94. The molecular formula is C13H15F3N2O. The summed E-state index contributed by atoms with van der Waals surface area (Å²) in [5.74, 6) is -0.574. The molecule has 0 spiro atoms. The van der Waals surface area contributed by atoms with Crippen molar-refractivity contribution in [2.24, 2.45) is 5.73 Å². The maximum atomic E-state index is 12.5. The second kappa shape index (κ2) is 5.21. The molecule has 1 fully saturated rings. The van der Waals surface area contributed by atoms with Gasteiger partial charge in [0.2, 0.25) is 0 Å². The molecule has 0 aliphatic heterocycles. The number of hydrogen-bond donors (Lipinski definition) is 1. The van der Waals surface area contributed by atoms with Crippen molar-refractivity contribution in [1.82, 2.24) is 4.90 Å². The lowest BCUT2D eigenvalue weighted by Crippen LogP contribution is -2.40. The Balaban J connectivity index is 2.19. The van der Waals surface area contributed by atoms with Crippen LogP contribution in [-0.2, 0) is 6.54 Å². The highest BCUT2D eigenvalue weighted by Gasteiger charge is 2.40. The predicted molar refractivity (Wildman–Crippen MR) is 64.4 cm³/mol. The molecule has 2 N–H and O–H groups in total. The van der Waals surface area contributed by atoms with Crippen molar-refractivity contribution < 1.29 is 18.0 Å². The molecule has 0 aromatic heterocycles. The van der Waals surface area contributed by atoms with Crippen molar-refractivity contribution in [1.29, 1.82) is 0 Å². The van der Waals surface area contributed by atoms with Gasteiger partial charge in [0.15, 0.2) is 0 Å². The first-order chi connectivity index (χ1) is 8.90. The van der Waals surface area contributed by atoms with Gasteiger partial charge in [0.05, 0.1) is 0 Å². The summed E-state index contributed by atoms with van der Waals surface area (Å²) in [6, 6.07) is 6.16. The summed E-state index contributed by atoms with van der Waals surface area (Å²) in [5, 5.41) is 0. The van der Waals surface area contributed by atoms with Crippen LogP contribution in [0.3, 0.4) is 0 Å². The van der Waals surface area contributed by atoms with Crippen LogP contribution in [0.25, 0.3) is 0 Å². The summed E-state index contributed by atoms with van der Waals surface area (Å²) in [7, 11) is 0. The first kappa shape index (κ1) is 13.9. The summed E-state index contributed by atoms with van der Waals surface area (Å²) < 4.78 is 37.5. The van der Waals surface area contributed by atoms with Gasteiger partial charge in [-0.25, -0.2) is 0 Å². The monoisotopic (exact) mass is 272 g/mol. The molecule has 0 unspecified atom stereocenters. The Hall–Kier alpha value is -1.56. The molecule has 1 aliphatic carbocycles. The molecule has 1 amide bonds. The van der Waals surface area contributed by atoms with Crippen LogP contribution in [0.15, 0.2) is 24.3 Å². The van der Waals surface area contributed by atoms with E-state index in [1.165, 1.54) is 6.07 Å². The molecule has 0 bridgehead atoms. The lowest BCUT2D eigenvalue weighted by Gasteiger charge is -2.24. The van der Waals surface area contributed by atoms with Crippen LogP contribution in [0.5, 0.6) is 0 Å². The minimum atomic E-state index is -4.37. The number of benzene rings is 1. The van der Waals surface area contributed by atoms with E-state index in [1.54, 1.807) is 18.2 Å². The van der Waals surface area contributed by atoms with Gasteiger partial charge in [0.1, 0.15) is 6.54 Å². The second-order valence-corrected chi connectivity index (χ2v) is 4.68. The van der Waals surface area contributed by atoms with Crippen LogP contribution in [0.4, 0.5) is 13.2 Å². The van der Waals surface area contributed by atoms with E-state index in [1.807, 2.05) is 0 Å². The van der Waals surface area contributed by atoms with E-state index in [2.05, 4.69) is 0 Å². The van der Waals surface area contributed by atoms with Crippen molar-refractivity contribution in [3.63, 3.8) is 0 Å². The average molecular weight is 272 g/mol. The zero-order valence-electron chi connectivity index (χ0n) is 10.3. The largest absolute Gasteiger partial charge is 0.406 e. The Morgan fingerprint density at radius 1 is 1.37 bits per heavy atom. The molecule has 2 rings (SSSR count). The number of alkyl halides is 3. The second-order valence-electron chi connectivity index (χ2n) is 4.68. The minimum absolute atomic E-state index is 0.254. The number of nitrogens with two attached hydrogens (primary N) is 1. The number of halogens is 3. The highest BCUT2D eigenvalue weighted by atomic mass is 19.4. The lowest BCUT2D eigenvalue weighted by molar-refractivity contribution is -0.141. The topological polar surface area (TPSA) is 46.3 Å². The van der Waals surface area contributed by atoms with Crippen LogP contribution in [0.1, 0.15) is 28.8 Å². The van der Waals surface area contributed by atoms with E-state index in [0.717, 1.165) is 10.5 Å². The first-order valence-electron chi connectivity index (χ1n) is 6.07. The van der Waals surface area contributed by atoms with Crippen molar-refractivity contribution in [2.45, 2.75) is 31.6 Å². The Labute approximate surface area is 109 Å².